The summed E-state index contributed by atoms with van der Waals surface area (Å²) in [7, 11) is -1.26. The summed E-state index contributed by atoms with van der Waals surface area (Å²) in [5.41, 5.74) is 2.38. The van der Waals surface area contributed by atoms with Gasteiger partial charge in [0.05, 0.1) is 32.1 Å². The Balaban J connectivity index is 2.33. The first kappa shape index (κ1) is 17.5. The van der Waals surface area contributed by atoms with Crippen LogP contribution in [-0.2, 0) is 19.1 Å². The molecule has 2 amide bonds. The second-order valence-electron chi connectivity index (χ2n) is 6.19. The molecule has 0 aliphatic carbocycles. The summed E-state index contributed by atoms with van der Waals surface area (Å²) in [6.07, 6.45) is -0.349. The lowest BCUT2D eigenvalue weighted by Gasteiger charge is -2.38. The van der Waals surface area contributed by atoms with Crippen molar-refractivity contribution in [2.24, 2.45) is 0 Å². The molecule has 120 valence electrons. The second-order valence-corrected chi connectivity index (χ2v) is 11.8. The van der Waals surface area contributed by atoms with Crippen LogP contribution in [0.25, 0.3) is 0 Å². The Morgan fingerprint density at radius 2 is 2.00 bits per heavy atom. The zero-order chi connectivity index (χ0) is 16.0. The van der Waals surface area contributed by atoms with E-state index >= 15 is 0 Å². The molecule has 1 rings (SSSR count). The van der Waals surface area contributed by atoms with E-state index in [1.54, 1.807) is 6.92 Å². The molecule has 1 heterocycles. The number of carbonyl (C=O) groups excluding carboxylic acids is 3. The molecule has 7 nitrogen and oxygen atoms in total. The summed E-state index contributed by atoms with van der Waals surface area (Å²) < 4.78 is 9.87. The fourth-order valence-corrected chi connectivity index (χ4v) is 2.51. The average Bonchev–Trinajstić information content (AvgIpc) is 2.34. The monoisotopic (exact) mass is 316 g/mol. The second kappa shape index (κ2) is 7.44. The molecule has 0 radical (unpaired) electrons. The van der Waals surface area contributed by atoms with Gasteiger partial charge in [-0.05, 0) is 13.0 Å². The first-order chi connectivity index (χ1) is 9.73. The third-order valence-electron chi connectivity index (χ3n) is 3.05. The van der Waals surface area contributed by atoms with Gasteiger partial charge in [0.2, 0.25) is 5.91 Å². The number of carbonyl (C=O) groups is 3. The minimum atomic E-state index is -1.26. The van der Waals surface area contributed by atoms with Crippen LogP contribution in [0.2, 0.25) is 25.7 Å². The van der Waals surface area contributed by atoms with Crippen LogP contribution in [0.3, 0.4) is 0 Å². The predicted molar refractivity (Wildman–Crippen MR) is 79.1 cm³/mol. The van der Waals surface area contributed by atoms with E-state index in [4.69, 9.17) is 9.47 Å². The Kier molecular flexibility index (Phi) is 6.19. The normalized spacial score (nSPS) is 18.0. The zero-order valence-electron chi connectivity index (χ0n) is 13.1. The number of rotatable bonds is 7. The Morgan fingerprint density at radius 3 is 2.52 bits per heavy atom. The molecule has 1 unspecified atom stereocenters. The molecule has 0 bridgehead atoms. The number of esters is 1. The number of β-lactam (4-membered cyclic amide) rings is 1. The van der Waals surface area contributed by atoms with Crippen molar-refractivity contribution in [1.29, 1.82) is 0 Å². The van der Waals surface area contributed by atoms with E-state index in [-0.39, 0.29) is 30.8 Å². The van der Waals surface area contributed by atoms with Crippen LogP contribution in [0.4, 0.5) is 4.79 Å². The molecule has 0 aromatic rings. The van der Waals surface area contributed by atoms with Gasteiger partial charge in [-0.25, -0.2) is 15.2 Å². The number of nitrogens with zero attached hydrogens (tertiary/aromatic N) is 1. The van der Waals surface area contributed by atoms with E-state index in [1.165, 1.54) is 0 Å². The summed E-state index contributed by atoms with van der Waals surface area (Å²) >= 11 is 0. The molecule has 1 N–H and O–H groups in total. The molecular weight excluding hydrogens is 292 g/mol. The summed E-state index contributed by atoms with van der Waals surface area (Å²) in [4.78, 5) is 34.4. The molecule has 0 spiro atoms. The van der Waals surface area contributed by atoms with Crippen LogP contribution in [-0.4, -0.2) is 50.3 Å². The molecule has 0 saturated carbocycles. The van der Waals surface area contributed by atoms with Crippen molar-refractivity contribution in [3.8, 4) is 0 Å². The van der Waals surface area contributed by atoms with E-state index in [9.17, 15) is 14.4 Å². The Hall–Kier alpha value is -1.57. The molecule has 8 heteroatoms. The highest BCUT2D eigenvalue weighted by molar-refractivity contribution is 6.76. The highest BCUT2D eigenvalue weighted by Gasteiger charge is 2.39. The number of hydrogen-bond acceptors (Lipinski definition) is 5. The summed E-state index contributed by atoms with van der Waals surface area (Å²) in [5.74, 6) is -0.611. The minimum absolute atomic E-state index is 0.0781. The molecule has 0 aromatic carbocycles. The average molecular weight is 316 g/mol. The van der Waals surface area contributed by atoms with Crippen molar-refractivity contribution in [1.82, 2.24) is 10.4 Å². The van der Waals surface area contributed by atoms with Crippen molar-refractivity contribution in [3.63, 3.8) is 0 Å². The van der Waals surface area contributed by atoms with Crippen molar-refractivity contribution in [2.45, 2.75) is 51.5 Å². The molecule has 1 aliphatic rings. The molecule has 0 aromatic heterocycles. The zero-order valence-corrected chi connectivity index (χ0v) is 14.1. The predicted octanol–water partition coefficient (Wildman–Crippen LogP) is 1.52. The summed E-state index contributed by atoms with van der Waals surface area (Å²) in [5, 5.41) is 1.15. The van der Waals surface area contributed by atoms with E-state index < -0.39 is 14.2 Å². The standard InChI is InChI=1S/C13H24N2O5Si/c1-5-19-12(17)9-10-8-11(16)15(10)14-13(18)20-6-7-21(2,3)4/h10H,5-9H2,1-4H3,(H,14,18). The van der Waals surface area contributed by atoms with Crippen LogP contribution in [0.15, 0.2) is 0 Å². The lowest BCUT2D eigenvalue weighted by atomic mass is 10.0. The van der Waals surface area contributed by atoms with Gasteiger partial charge in [-0.2, -0.15) is 0 Å². The molecule has 21 heavy (non-hydrogen) atoms. The maximum atomic E-state index is 11.6. The number of ether oxygens (including phenoxy) is 2. The molecule has 1 fully saturated rings. The highest BCUT2D eigenvalue weighted by atomic mass is 28.3. The quantitative estimate of drug-likeness (QED) is 0.437. The van der Waals surface area contributed by atoms with Crippen LogP contribution in [0, 0.1) is 0 Å². The largest absolute Gasteiger partial charge is 0.466 e. The molecule has 1 saturated heterocycles. The van der Waals surface area contributed by atoms with Gasteiger partial charge in [0.25, 0.3) is 0 Å². The minimum Gasteiger partial charge on any atom is -0.466 e. The summed E-state index contributed by atoms with van der Waals surface area (Å²) in [6.45, 7) is 8.90. The fourth-order valence-electron chi connectivity index (χ4n) is 1.79. The van der Waals surface area contributed by atoms with Crippen LogP contribution in [0.1, 0.15) is 19.8 Å². The van der Waals surface area contributed by atoms with Gasteiger partial charge in [-0.3, -0.25) is 9.59 Å². The number of nitrogens with one attached hydrogen (secondary N) is 1. The van der Waals surface area contributed by atoms with E-state index in [1.807, 2.05) is 0 Å². The lowest BCUT2D eigenvalue weighted by molar-refractivity contribution is -0.156. The van der Waals surface area contributed by atoms with E-state index in [0.717, 1.165) is 11.1 Å². The topological polar surface area (TPSA) is 84.9 Å². The molecular formula is C13H24N2O5Si. The highest BCUT2D eigenvalue weighted by Crippen LogP contribution is 2.20. The molecule has 1 atom stereocenters. The van der Waals surface area contributed by atoms with Gasteiger partial charge in [-0.1, -0.05) is 19.6 Å². The maximum Gasteiger partial charge on any atom is 0.426 e. The summed E-state index contributed by atoms with van der Waals surface area (Å²) in [6, 6.07) is 0.516. The number of hydrogen-bond donors (Lipinski definition) is 1. The van der Waals surface area contributed by atoms with E-state index in [0.29, 0.717) is 13.2 Å². The Labute approximate surface area is 125 Å². The van der Waals surface area contributed by atoms with Crippen LogP contribution >= 0.6 is 0 Å². The maximum absolute atomic E-state index is 11.6. The fraction of sp³-hybridized carbons (Fsp3) is 0.769. The van der Waals surface area contributed by atoms with Crippen molar-refractivity contribution >= 4 is 26.0 Å². The Morgan fingerprint density at radius 1 is 1.33 bits per heavy atom. The van der Waals surface area contributed by atoms with Gasteiger partial charge in [0.15, 0.2) is 0 Å². The third-order valence-corrected chi connectivity index (χ3v) is 4.75. The number of hydrazine groups is 1. The first-order valence-electron chi connectivity index (χ1n) is 7.14. The third kappa shape index (κ3) is 6.15. The van der Waals surface area contributed by atoms with Crippen LogP contribution in [0.5, 0.6) is 0 Å². The number of amides is 2. The Bertz CT molecular complexity index is 408. The van der Waals surface area contributed by atoms with Crippen molar-refractivity contribution < 1.29 is 23.9 Å². The van der Waals surface area contributed by atoms with Crippen LogP contribution < -0.4 is 5.43 Å². The molecule has 1 aliphatic heterocycles. The van der Waals surface area contributed by atoms with Gasteiger partial charge < -0.3 is 9.47 Å². The van der Waals surface area contributed by atoms with Crippen molar-refractivity contribution in [3.05, 3.63) is 0 Å². The van der Waals surface area contributed by atoms with Crippen molar-refractivity contribution in [2.75, 3.05) is 13.2 Å². The van der Waals surface area contributed by atoms with Gasteiger partial charge >= 0.3 is 12.1 Å². The van der Waals surface area contributed by atoms with Gasteiger partial charge in [0.1, 0.15) is 0 Å². The van der Waals surface area contributed by atoms with Gasteiger partial charge in [0, 0.05) is 8.07 Å². The van der Waals surface area contributed by atoms with E-state index in [2.05, 4.69) is 25.1 Å². The SMILES string of the molecule is CCOC(=O)CC1CC(=O)N1NC(=O)OCC[Si](C)(C)C. The first-order valence-corrected chi connectivity index (χ1v) is 10.8. The van der Waals surface area contributed by atoms with Gasteiger partial charge in [-0.15, -0.1) is 0 Å². The lowest BCUT2D eigenvalue weighted by Crippen LogP contribution is -2.61. The smallest absolute Gasteiger partial charge is 0.426 e.